The highest BCUT2D eigenvalue weighted by atomic mass is 31.1. The van der Waals surface area contributed by atoms with Crippen LogP contribution >= 0.6 is 7.53 Å². The van der Waals surface area contributed by atoms with E-state index in [-0.39, 0.29) is 11.0 Å². The molecule has 0 spiro atoms. The summed E-state index contributed by atoms with van der Waals surface area (Å²) >= 11 is 0. The van der Waals surface area contributed by atoms with Crippen molar-refractivity contribution in [3.05, 3.63) is 138 Å². The van der Waals surface area contributed by atoms with Crippen molar-refractivity contribution in [1.82, 2.24) is 4.98 Å². The SMILES string of the molecule is Cc1cc(-c2cc(-c3ccccc3-c3ccccc3)cc(-c3cccc4c5ccccc5p(C(C)(C)C)c34)n2)cc(C)c1F. The van der Waals surface area contributed by atoms with Crippen LogP contribution in [0.15, 0.2) is 121 Å². The lowest BCUT2D eigenvalue weighted by Crippen LogP contribution is -2.00. The lowest BCUT2D eigenvalue weighted by molar-refractivity contribution is 0.609. The van der Waals surface area contributed by atoms with Gasteiger partial charge in [-0.25, -0.2) is 9.37 Å². The first-order valence-corrected chi connectivity index (χ1v) is 16.5. The van der Waals surface area contributed by atoms with E-state index in [1.54, 1.807) is 0 Å². The number of rotatable bonds is 4. The van der Waals surface area contributed by atoms with Crippen LogP contribution in [0.2, 0.25) is 0 Å². The summed E-state index contributed by atoms with van der Waals surface area (Å²) in [6, 6.07) is 43.0. The Balaban J connectivity index is 1.57. The number of pyridine rings is 1. The lowest BCUT2D eigenvalue weighted by Gasteiger charge is -2.22. The molecular weight excluding hydrogens is 556 g/mol. The van der Waals surface area contributed by atoms with Crippen molar-refractivity contribution >= 4 is 28.5 Å². The maximum absolute atomic E-state index is 14.8. The quantitative estimate of drug-likeness (QED) is 0.198. The highest BCUT2D eigenvalue weighted by molar-refractivity contribution is 7.62. The van der Waals surface area contributed by atoms with Gasteiger partial charge < -0.3 is 0 Å². The van der Waals surface area contributed by atoms with Crippen LogP contribution in [-0.2, 0) is 5.16 Å². The average Bonchev–Trinajstić information content (AvgIpc) is 3.39. The second-order valence-electron chi connectivity index (χ2n) is 12.7. The molecule has 5 aromatic carbocycles. The molecule has 1 unspecified atom stereocenters. The summed E-state index contributed by atoms with van der Waals surface area (Å²) < 4.78 is 14.8. The van der Waals surface area contributed by atoms with E-state index >= 15 is 0 Å². The number of aromatic nitrogens is 1. The van der Waals surface area contributed by atoms with Gasteiger partial charge in [0.2, 0.25) is 0 Å². The highest BCUT2D eigenvalue weighted by Crippen LogP contribution is 2.60. The molecule has 44 heavy (non-hydrogen) atoms. The Morgan fingerprint density at radius 3 is 1.82 bits per heavy atom. The van der Waals surface area contributed by atoms with Crippen LogP contribution in [0.4, 0.5) is 4.39 Å². The molecule has 7 aromatic rings. The van der Waals surface area contributed by atoms with E-state index < -0.39 is 7.53 Å². The van der Waals surface area contributed by atoms with Crippen LogP contribution in [0.3, 0.4) is 0 Å². The number of nitrogens with zero attached hydrogens (tertiary/aromatic N) is 1. The summed E-state index contributed by atoms with van der Waals surface area (Å²) in [5, 5.41) is 5.55. The maximum atomic E-state index is 14.8. The summed E-state index contributed by atoms with van der Waals surface area (Å²) in [6.07, 6.45) is 0. The van der Waals surface area contributed by atoms with E-state index in [0.717, 1.165) is 28.1 Å². The third-order valence-corrected chi connectivity index (χ3v) is 11.7. The Kier molecular flexibility index (Phi) is 6.99. The fraction of sp³-hybridized carbons (Fsp3) is 0.146. The Labute approximate surface area is 260 Å². The third kappa shape index (κ3) is 4.84. The van der Waals surface area contributed by atoms with Crippen LogP contribution in [0.1, 0.15) is 31.9 Å². The topological polar surface area (TPSA) is 12.9 Å². The van der Waals surface area contributed by atoms with Gasteiger partial charge in [-0.2, -0.15) is 0 Å². The molecule has 0 radical (unpaired) electrons. The predicted molar refractivity (Wildman–Crippen MR) is 188 cm³/mol. The minimum Gasteiger partial charge on any atom is -0.248 e. The number of fused-ring (bicyclic) bond motifs is 3. The van der Waals surface area contributed by atoms with Gasteiger partial charge in [-0.05, 0) is 82.3 Å². The van der Waals surface area contributed by atoms with Crippen LogP contribution < -0.4 is 0 Å². The first-order chi connectivity index (χ1) is 21.2. The summed E-state index contributed by atoms with van der Waals surface area (Å²) in [5.74, 6) is -0.158. The van der Waals surface area contributed by atoms with Crippen LogP contribution in [0.5, 0.6) is 0 Å². The van der Waals surface area contributed by atoms with Crippen molar-refractivity contribution in [1.29, 1.82) is 0 Å². The van der Waals surface area contributed by atoms with Gasteiger partial charge in [-0.3, -0.25) is 0 Å². The van der Waals surface area contributed by atoms with Gasteiger partial charge in [0.05, 0.1) is 11.4 Å². The fourth-order valence-corrected chi connectivity index (χ4v) is 9.76. The van der Waals surface area contributed by atoms with E-state index in [1.807, 2.05) is 26.0 Å². The second-order valence-corrected chi connectivity index (χ2v) is 15.6. The van der Waals surface area contributed by atoms with Gasteiger partial charge in [0.15, 0.2) is 0 Å². The minimum absolute atomic E-state index is 0.0678. The molecule has 0 fully saturated rings. The summed E-state index contributed by atoms with van der Waals surface area (Å²) in [5.41, 5.74) is 9.74. The van der Waals surface area contributed by atoms with E-state index in [4.69, 9.17) is 4.98 Å². The van der Waals surface area contributed by atoms with Crippen LogP contribution in [-0.4, -0.2) is 4.98 Å². The summed E-state index contributed by atoms with van der Waals surface area (Å²) in [4.78, 5) is 5.36. The van der Waals surface area contributed by atoms with Gasteiger partial charge in [0.25, 0.3) is 0 Å². The smallest absolute Gasteiger partial charge is 0.129 e. The van der Waals surface area contributed by atoms with Crippen molar-refractivity contribution in [3.8, 4) is 44.8 Å². The number of aryl methyl sites for hydroxylation is 2. The van der Waals surface area contributed by atoms with E-state index in [2.05, 4.69) is 130 Å². The van der Waals surface area contributed by atoms with E-state index in [9.17, 15) is 4.39 Å². The molecule has 0 bridgehead atoms. The number of hydrogen-bond donors (Lipinski definition) is 0. The molecule has 0 aliphatic heterocycles. The molecular formula is C41H35FNP. The van der Waals surface area contributed by atoms with Gasteiger partial charge in [0.1, 0.15) is 5.82 Å². The monoisotopic (exact) mass is 591 g/mol. The van der Waals surface area contributed by atoms with E-state index in [1.165, 1.54) is 37.7 Å². The highest BCUT2D eigenvalue weighted by Gasteiger charge is 2.25. The lowest BCUT2D eigenvalue weighted by atomic mass is 9.92. The summed E-state index contributed by atoms with van der Waals surface area (Å²) in [7, 11) is -0.637. The minimum atomic E-state index is -0.637. The first-order valence-electron chi connectivity index (χ1n) is 15.2. The fourth-order valence-electron chi connectivity index (χ4n) is 6.59. The largest absolute Gasteiger partial charge is 0.248 e. The molecule has 216 valence electrons. The van der Waals surface area contributed by atoms with Gasteiger partial charge >= 0.3 is 0 Å². The zero-order chi connectivity index (χ0) is 30.6. The Morgan fingerprint density at radius 1 is 0.545 bits per heavy atom. The molecule has 1 nitrogen and oxygen atoms in total. The van der Waals surface area contributed by atoms with Crippen molar-refractivity contribution in [2.45, 2.75) is 39.8 Å². The van der Waals surface area contributed by atoms with E-state index in [0.29, 0.717) is 11.1 Å². The molecule has 0 N–H and O–H groups in total. The predicted octanol–water partition coefficient (Wildman–Crippen LogP) is 12.6. The van der Waals surface area contributed by atoms with Gasteiger partial charge in [0, 0.05) is 26.5 Å². The number of halogens is 1. The molecule has 2 heterocycles. The standard InChI is InChI=1S/C41H35FNP/c1-26-22-30(23-27(2)39(26)42)36-24-29(32-17-10-9-16-31(32)28-14-7-6-8-15-28)25-37(43-36)35-20-13-19-34-33-18-11-12-21-38(33)44(40(34)35)41(3,4)5/h6-25H,1-5H3. The molecule has 0 aliphatic rings. The molecule has 3 heteroatoms. The zero-order valence-electron chi connectivity index (χ0n) is 25.8. The van der Waals surface area contributed by atoms with Crippen molar-refractivity contribution in [2.24, 2.45) is 0 Å². The van der Waals surface area contributed by atoms with Gasteiger partial charge in [-0.15, -0.1) is 7.53 Å². The van der Waals surface area contributed by atoms with Crippen molar-refractivity contribution in [2.75, 3.05) is 0 Å². The normalized spacial score (nSPS) is 12.3. The molecule has 2 aromatic heterocycles. The third-order valence-electron chi connectivity index (χ3n) is 8.52. The second kappa shape index (κ2) is 10.9. The Bertz CT molecular complexity index is 2160. The van der Waals surface area contributed by atoms with Crippen LogP contribution in [0, 0.1) is 19.7 Å². The molecule has 0 amide bonds. The Morgan fingerprint density at radius 2 is 1.11 bits per heavy atom. The first kappa shape index (κ1) is 28.3. The molecule has 1 atom stereocenters. The summed E-state index contributed by atoms with van der Waals surface area (Å²) in [6.45, 7) is 10.7. The molecule has 7 rings (SSSR count). The van der Waals surface area contributed by atoms with Crippen LogP contribution in [0.25, 0.3) is 65.8 Å². The van der Waals surface area contributed by atoms with Crippen molar-refractivity contribution < 1.29 is 4.39 Å². The molecule has 0 saturated heterocycles. The zero-order valence-corrected chi connectivity index (χ0v) is 26.7. The van der Waals surface area contributed by atoms with Gasteiger partial charge in [-0.1, -0.05) is 118 Å². The van der Waals surface area contributed by atoms with Crippen molar-refractivity contribution in [3.63, 3.8) is 0 Å². The maximum Gasteiger partial charge on any atom is 0.129 e. The molecule has 0 aliphatic carbocycles. The number of benzene rings is 5. The molecule has 0 saturated carbocycles. The Hall–Kier alpha value is -4.52. The number of hydrogen-bond acceptors (Lipinski definition) is 1. The average molecular weight is 592 g/mol.